The molecule has 1 aliphatic rings. The maximum Gasteiger partial charge on any atom is 0.459 e. The number of aromatic amines is 1. The molecule has 0 bridgehead atoms. The van der Waals surface area contributed by atoms with Crippen LogP contribution in [0.3, 0.4) is 0 Å². The SMILES string of the molecule is CC(C)C[C@H](NP(=O)(OC[C@H]1O[C@@H](n2cc(F)c(=O)[nH]c2=O)C[C@@H]1O)Oc1ccccc1)C(=O)OCc1ccccc1. The third-order valence-corrected chi connectivity index (χ3v) is 7.91. The molecule has 0 spiro atoms. The summed E-state index contributed by atoms with van der Waals surface area (Å²) in [6.07, 6.45) is -2.66. The molecule has 3 N–H and O–H groups in total. The largest absolute Gasteiger partial charge is 0.460 e. The standard InChI is InChI=1S/C28H33FN3O9P/c1-18(2)13-22(27(35)38-16-19-9-5-3-6-10-19)31-42(37,41-20-11-7-4-8-12-20)39-17-24-23(33)14-25(40-24)32-15-21(29)26(34)30-28(32)36/h3-12,15,18,22-25,33H,13-14,16-17H2,1-2H3,(H,31,37)(H,30,34,36)/t22-,23-,24+,25+,42?/m0/s1. The molecular formula is C28H33FN3O9P. The number of aliphatic hydroxyl groups is 1. The Morgan fingerprint density at radius 1 is 1.17 bits per heavy atom. The van der Waals surface area contributed by atoms with Gasteiger partial charge in [0.25, 0.3) is 5.56 Å². The second-order valence-corrected chi connectivity index (χ2v) is 11.9. The Bertz CT molecular complexity index is 1500. The lowest BCUT2D eigenvalue weighted by Crippen LogP contribution is -2.39. The van der Waals surface area contributed by atoms with Crippen LogP contribution < -0.4 is 20.9 Å². The summed E-state index contributed by atoms with van der Waals surface area (Å²) in [5, 5.41) is 13.3. The Kier molecular flexibility index (Phi) is 10.5. The normalized spacial score (nSPS) is 20.6. The van der Waals surface area contributed by atoms with E-state index in [2.05, 4.69) is 5.09 Å². The number of ether oxygens (including phenoxy) is 2. The summed E-state index contributed by atoms with van der Waals surface area (Å²) in [4.78, 5) is 38.5. The molecule has 1 aliphatic heterocycles. The summed E-state index contributed by atoms with van der Waals surface area (Å²) < 4.78 is 51.2. The van der Waals surface area contributed by atoms with Crippen LogP contribution in [0.15, 0.2) is 76.4 Å². The summed E-state index contributed by atoms with van der Waals surface area (Å²) in [6, 6.07) is 16.2. The zero-order valence-electron chi connectivity index (χ0n) is 23.1. The number of carbonyl (C=O) groups is 1. The van der Waals surface area contributed by atoms with Crippen LogP contribution in [-0.2, 0) is 30.0 Å². The first-order valence-electron chi connectivity index (χ1n) is 13.3. The lowest BCUT2D eigenvalue weighted by molar-refractivity contribution is -0.147. The molecule has 0 amide bonds. The van der Waals surface area contributed by atoms with Crippen molar-refractivity contribution in [3.05, 3.63) is 99.1 Å². The van der Waals surface area contributed by atoms with Crippen molar-refractivity contribution in [3.8, 4) is 5.75 Å². The number of carbonyl (C=O) groups excluding carboxylic acids is 1. The Morgan fingerprint density at radius 2 is 1.83 bits per heavy atom. The van der Waals surface area contributed by atoms with Crippen LogP contribution in [0.2, 0.25) is 0 Å². The molecule has 0 saturated carbocycles. The van der Waals surface area contributed by atoms with Crippen molar-refractivity contribution in [2.45, 2.75) is 57.8 Å². The van der Waals surface area contributed by atoms with Gasteiger partial charge in [0.05, 0.1) is 18.9 Å². The van der Waals surface area contributed by atoms with Gasteiger partial charge in [0.2, 0.25) is 5.82 Å². The Hall–Kier alpha value is -3.61. The van der Waals surface area contributed by atoms with E-state index in [1.165, 1.54) is 0 Å². The van der Waals surface area contributed by atoms with Crippen molar-refractivity contribution in [3.63, 3.8) is 0 Å². The fourth-order valence-electron chi connectivity index (χ4n) is 4.29. The predicted octanol–water partition coefficient (Wildman–Crippen LogP) is 3.28. The molecule has 226 valence electrons. The number of aromatic nitrogens is 2. The van der Waals surface area contributed by atoms with E-state index in [1.807, 2.05) is 37.0 Å². The molecule has 14 heteroatoms. The van der Waals surface area contributed by atoms with E-state index >= 15 is 0 Å². The van der Waals surface area contributed by atoms with Crippen LogP contribution in [0.5, 0.6) is 5.75 Å². The number of nitrogens with zero attached hydrogens (tertiary/aromatic N) is 1. The lowest BCUT2D eigenvalue weighted by atomic mass is 10.1. The van der Waals surface area contributed by atoms with E-state index in [0.717, 1.165) is 10.1 Å². The zero-order valence-corrected chi connectivity index (χ0v) is 23.9. The summed E-state index contributed by atoms with van der Waals surface area (Å²) in [5.41, 5.74) is -1.33. The summed E-state index contributed by atoms with van der Waals surface area (Å²) >= 11 is 0. The fourth-order valence-corrected chi connectivity index (χ4v) is 5.80. The van der Waals surface area contributed by atoms with Gasteiger partial charge in [-0.1, -0.05) is 62.4 Å². The quantitative estimate of drug-likeness (QED) is 0.195. The molecule has 0 radical (unpaired) electrons. The van der Waals surface area contributed by atoms with Crippen LogP contribution in [0.25, 0.3) is 0 Å². The van der Waals surface area contributed by atoms with Crippen molar-refractivity contribution >= 4 is 13.7 Å². The third-order valence-electron chi connectivity index (χ3n) is 6.35. The molecule has 12 nitrogen and oxygen atoms in total. The van der Waals surface area contributed by atoms with Gasteiger partial charge in [-0.2, -0.15) is 9.48 Å². The Morgan fingerprint density at radius 3 is 2.50 bits per heavy atom. The number of esters is 1. The lowest BCUT2D eigenvalue weighted by Gasteiger charge is -2.26. The molecule has 2 aromatic carbocycles. The van der Waals surface area contributed by atoms with E-state index < -0.39 is 61.9 Å². The molecular weight excluding hydrogens is 572 g/mol. The van der Waals surface area contributed by atoms with Crippen LogP contribution >= 0.6 is 7.75 Å². The van der Waals surface area contributed by atoms with Crippen LogP contribution in [0.4, 0.5) is 4.39 Å². The van der Waals surface area contributed by atoms with Gasteiger partial charge in [-0.05, 0) is 30.0 Å². The van der Waals surface area contributed by atoms with Crippen molar-refractivity contribution < 1.29 is 37.4 Å². The van der Waals surface area contributed by atoms with Gasteiger partial charge in [0.1, 0.15) is 30.7 Å². The van der Waals surface area contributed by atoms with Gasteiger partial charge in [-0.25, -0.2) is 9.36 Å². The highest BCUT2D eigenvalue weighted by atomic mass is 31.2. The molecule has 3 aromatic rings. The second-order valence-electron chi connectivity index (χ2n) is 10.2. The average molecular weight is 606 g/mol. The first kappa shape index (κ1) is 31.3. The Balaban J connectivity index is 1.50. The second kappa shape index (κ2) is 14.0. The van der Waals surface area contributed by atoms with E-state index in [4.69, 9.17) is 18.5 Å². The topological polar surface area (TPSA) is 158 Å². The number of rotatable bonds is 13. The summed E-state index contributed by atoms with van der Waals surface area (Å²) in [7, 11) is -4.32. The highest BCUT2D eigenvalue weighted by molar-refractivity contribution is 7.52. The highest BCUT2D eigenvalue weighted by Crippen LogP contribution is 2.46. The fraction of sp³-hybridized carbons (Fsp3) is 0.393. The van der Waals surface area contributed by atoms with Crippen LogP contribution in [0, 0.1) is 11.7 Å². The predicted molar refractivity (Wildman–Crippen MR) is 149 cm³/mol. The van der Waals surface area contributed by atoms with Gasteiger partial charge >= 0.3 is 19.4 Å². The molecule has 1 saturated heterocycles. The number of halogens is 1. The molecule has 1 aromatic heterocycles. The van der Waals surface area contributed by atoms with Crippen molar-refractivity contribution in [2.75, 3.05) is 6.61 Å². The van der Waals surface area contributed by atoms with Crippen LogP contribution in [-0.4, -0.2) is 45.5 Å². The number of nitrogens with one attached hydrogen (secondary N) is 2. The molecule has 2 heterocycles. The monoisotopic (exact) mass is 605 g/mol. The third kappa shape index (κ3) is 8.46. The number of para-hydroxylation sites is 1. The molecule has 5 atom stereocenters. The highest BCUT2D eigenvalue weighted by Gasteiger charge is 2.40. The van der Waals surface area contributed by atoms with E-state index in [0.29, 0.717) is 6.20 Å². The minimum absolute atomic E-state index is 0.00582. The van der Waals surface area contributed by atoms with Crippen molar-refractivity contribution in [2.24, 2.45) is 5.92 Å². The van der Waals surface area contributed by atoms with Gasteiger partial charge in [-0.15, -0.1) is 0 Å². The van der Waals surface area contributed by atoms with Gasteiger partial charge < -0.3 is 19.1 Å². The number of aliphatic hydroxyl groups excluding tert-OH is 1. The minimum Gasteiger partial charge on any atom is -0.460 e. The number of H-pyrrole nitrogens is 1. The molecule has 1 fully saturated rings. The van der Waals surface area contributed by atoms with Gasteiger partial charge in [0, 0.05) is 6.42 Å². The average Bonchev–Trinajstić information content (AvgIpc) is 3.33. The minimum atomic E-state index is -4.32. The Labute approximate surface area is 241 Å². The molecule has 1 unspecified atom stereocenters. The van der Waals surface area contributed by atoms with E-state index in [-0.39, 0.29) is 31.1 Å². The van der Waals surface area contributed by atoms with Gasteiger partial charge in [0.15, 0.2) is 0 Å². The first-order valence-corrected chi connectivity index (χ1v) is 14.9. The molecule has 42 heavy (non-hydrogen) atoms. The van der Waals surface area contributed by atoms with Crippen LogP contribution in [0.1, 0.15) is 38.5 Å². The number of benzene rings is 2. The molecule has 4 rings (SSSR count). The summed E-state index contributed by atoms with van der Waals surface area (Å²) in [5.74, 6) is -1.68. The van der Waals surface area contributed by atoms with Crippen molar-refractivity contribution in [1.29, 1.82) is 0 Å². The maximum absolute atomic E-state index is 14.1. The van der Waals surface area contributed by atoms with E-state index in [1.54, 1.807) is 42.5 Å². The van der Waals surface area contributed by atoms with E-state index in [9.17, 15) is 28.4 Å². The smallest absolute Gasteiger partial charge is 0.459 e. The number of hydrogen-bond donors (Lipinski definition) is 3. The zero-order chi connectivity index (χ0) is 30.3. The maximum atomic E-state index is 14.1. The molecule has 0 aliphatic carbocycles. The number of hydrogen-bond acceptors (Lipinski definition) is 9. The van der Waals surface area contributed by atoms with Gasteiger partial charge in [-0.3, -0.25) is 23.7 Å². The van der Waals surface area contributed by atoms with Crippen molar-refractivity contribution in [1.82, 2.24) is 14.6 Å². The summed E-state index contributed by atoms with van der Waals surface area (Å²) in [6.45, 7) is 3.29. The first-order chi connectivity index (χ1) is 20.0.